The van der Waals surface area contributed by atoms with Gasteiger partial charge in [-0.2, -0.15) is 5.10 Å². The van der Waals surface area contributed by atoms with Crippen molar-refractivity contribution in [3.8, 4) is 10.6 Å². The van der Waals surface area contributed by atoms with E-state index in [0.717, 1.165) is 4.88 Å². The minimum Gasteiger partial charge on any atom is -0.477 e. The van der Waals surface area contributed by atoms with Crippen LogP contribution >= 0.6 is 22.9 Å². The molecule has 5 nitrogen and oxygen atoms in total. The zero-order valence-corrected chi connectivity index (χ0v) is 10.4. The van der Waals surface area contributed by atoms with Crippen LogP contribution in [0.4, 0.5) is 0 Å². The number of fused-ring (bicyclic) bond motifs is 1. The SMILES string of the molecule is O=C(O)c1cc(-c2ccc(Cl)s2)nc2ccnn12. The molecule has 7 heteroatoms. The summed E-state index contributed by atoms with van der Waals surface area (Å²) < 4.78 is 1.93. The molecule has 0 saturated heterocycles. The van der Waals surface area contributed by atoms with E-state index in [-0.39, 0.29) is 5.69 Å². The van der Waals surface area contributed by atoms with Gasteiger partial charge in [-0.05, 0) is 18.2 Å². The molecule has 0 saturated carbocycles. The van der Waals surface area contributed by atoms with E-state index in [9.17, 15) is 4.79 Å². The van der Waals surface area contributed by atoms with Crippen molar-refractivity contribution in [3.63, 3.8) is 0 Å². The average molecular weight is 280 g/mol. The summed E-state index contributed by atoms with van der Waals surface area (Å²) in [6.45, 7) is 0. The second-order valence-corrected chi connectivity index (χ2v) is 5.25. The molecule has 0 atom stereocenters. The molecule has 0 aromatic carbocycles. The van der Waals surface area contributed by atoms with Crippen molar-refractivity contribution in [2.45, 2.75) is 0 Å². The standard InChI is InChI=1S/C11H6ClN3O2S/c12-9-2-1-8(18-9)6-5-7(11(16)17)15-10(14-6)3-4-13-15/h1-5H,(H,16,17). The van der Waals surface area contributed by atoms with Gasteiger partial charge in [0, 0.05) is 6.07 Å². The zero-order valence-electron chi connectivity index (χ0n) is 8.87. The molecular weight excluding hydrogens is 274 g/mol. The lowest BCUT2D eigenvalue weighted by atomic mass is 10.3. The van der Waals surface area contributed by atoms with Crippen LogP contribution in [0.15, 0.2) is 30.5 Å². The maximum atomic E-state index is 11.2. The molecule has 0 aliphatic heterocycles. The first kappa shape index (κ1) is 11.2. The van der Waals surface area contributed by atoms with Gasteiger partial charge in [0.25, 0.3) is 0 Å². The third-order valence-corrected chi connectivity index (χ3v) is 3.66. The van der Waals surface area contributed by atoms with E-state index in [1.54, 1.807) is 12.1 Å². The van der Waals surface area contributed by atoms with Crippen molar-refractivity contribution in [3.05, 3.63) is 40.5 Å². The van der Waals surface area contributed by atoms with Crippen LogP contribution in [0.2, 0.25) is 4.34 Å². The number of carbonyl (C=O) groups is 1. The number of hydrogen-bond acceptors (Lipinski definition) is 4. The van der Waals surface area contributed by atoms with Crippen molar-refractivity contribution < 1.29 is 9.90 Å². The number of halogens is 1. The van der Waals surface area contributed by atoms with Gasteiger partial charge >= 0.3 is 5.97 Å². The second kappa shape index (κ2) is 4.08. The maximum Gasteiger partial charge on any atom is 0.354 e. The minimum absolute atomic E-state index is 0.0736. The summed E-state index contributed by atoms with van der Waals surface area (Å²) in [5.41, 5.74) is 1.15. The van der Waals surface area contributed by atoms with E-state index in [2.05, 4.69) is 10.1 Å². The second-order valence-electron chi connectivity index (χ2n) is 3.54. The Bertz CT molecular complexity index is 750. The maximum absolute atomic E-state index is 11.2. The Morgan fingerprint density at radius 3 is 2.89 bits per heavy atom. The van der Waals surface area contributed by atoms with Gasteiger partial charge in [0.2, 0.25) is 0 Å². The summed E-state index contributed by atoms with van der Waals surface area (Å²) in [6, 6.07) is 6.72. The summed E-state index contributed by atoms with van der Waals surface area (Å²) in [6.07, 6.45) is 1.51. The lowest BCUT2D eigenvalue weighted by molar-refractivity contribution is 0.0687. The third kappa shape index (κ3) is 1.75. The highest BCUT2D eigenvalue weighted by atomic mass is 35.5. The Kier molecular flexibility index (Phi) is 2.53. The van der Waals surface area contributed by atoms with Gasteiger partial charge in [-0.15, -0.1) is 11.3 Å². The van der Waals surface area contributed by atoms with Crippen LogP contribution < -0.4 is 0 Å². The topological polar surface area (TPSA) is 67.5 Å². The first-order chi connectivity index (χ1) is 8.65. The number of carboxylic acid groups (broad SMARTS) is 1. The fourth-order valence-electron chi connectivity index (χ4n) is 1.64. The lowest BCUT2D eigenvalue weighted by Crippen LogP contribution is -2.07. The first-order valence-electron chi connectivity index (χ1n) is 4.99. The number of aromatic nitrogens is 3. The largest absolute Gasteiger partial charge is 0.477 e. The van der Waals surface area contributed by atoms with E-state index in [0.29, 0.717) is 15.7 Å². The first-order valence-corrected chi connectivity index (χ1v) is 6.18. The van der Waals surface area contributed by atoms with Crippen LogP contribution in [0.3, 0.4) is 0 Å². The molecule has 0 spiro atoms. The van der Waals surface area contributed by atoms with Gasteiger partial charge in [0.05, 0.1) is 21.1 Å². The summed E-state index contributed by atoms with van der Waals surface area (Å²) in [7, 11) is 0. The van der Waals surface area contributed by atoms with E-state index >= 15 is 0 Å². The molecule has 0 radical (unpaired) electrons. The monoisotopic (exact) mass is 279 g/mol. The highest BCUT2D eigenvalue weighted by Crippen LogP contribution is 2.30. The van der Waals surface area contributed by atoms with Crippen molar-refractivity contribution in [1.29, 1.82) is 0 Å². The molecule has 3 aromatic heterocycles. The van der Waals surface area contributed by atoms with E-state index in [4.69, 9.17) is 16.7 Å². The molecule has 1 N–H and O–H groups in total. The fraction of sp³-hybridized carbons (Fsp3) is 0. The van der Waals surface area contributed by atoms with Crippen molar-refractivity contribution in [2.75, 3.05) is 0 Å². The predicted molar refractivity (Wildman–Crippen MR) is 68.3 cm³/mol. The highest BCUT2D eigenvalue weighted by Gasteiger charge is 2.14. The van der Waals surface area contributed by atoms with Crippen molar-refractivity contribution >= 4 is 34.6 Å². The van der Waals surface area contributed by atoms with Crippen LogP contribution in [0.1, 0.15) is 10.5 Å². The molecule has 0 bridgehead atoms. The highest BCUT2D eigenvalue weighted by molar-refractivity contribution is 7.19. The van der Waals surface area contributed by atoms with E-state index in [1.165, 1.54) is 28.1 Å². The smallest absolute Gasteiger partial charge is 0.354 e. The quantitative estimate of drug-likeness (QED) is 0.783. The average Bonchev–Trinajstić information content (AvgIpc) is 2.95. The number of hydrogen-bond donors (Lipinski definition) is 1. The van der Waals surface area contributed by atoms with Crippen LogP contribution in [-0.2, 0) is 0 Å². The normalized spacial score (nSPS) is 10.9. The third-order valence-electron chi connectivity index (χ3n) is 2.40. The Balaban J connectivity index is 2.27. The molecule has 0 aliphatic carbocycles. The molecule has 0 fully saturated rings. The van der Waals surface area contributed by atoms with Gasteiger partial charge in [-0.1, -0.05) is 11.6 Å². The summed E-state index contributed by atoms with van der Waals surface area (Å²) in [5.74, 6) is -1.05. The van der Waals surface area contributed by atoms with E-state index in [1.807, 2.05) is 6.07 Å². The van der Waals surface area contributed by atoms with Crippen LogP contribution in [-0.4, -0.2) is 25.7 Å². The Morgan fingerprint density at radius 2 is 2.22 bits per heavy atom. The minimum atomic E-state index is -1.05. The van der Waals surface area contributed by atoms with Crippen LogP contribution in [0.25, 0.3) is 16.2 Å². The Hall–Kier alpha value is -1.92. The molecule has 3 rings (SSSR count). The summed E-state index contributed by atoms with van der Waals surface area (Å²) >= 11 is 7.22. The van der Waals surface area contributed by atoms with Gasteiger partial charge in [0.15, 0.2) is 11.3 Å². The van der Waals surface area contributed by atoms with Crippen molar-refractivity contribution in [2.24, 2.45) is 0 Å². The molecule has 0 amide bonds. The molecule has 18 heavy (non-hydrogen) atoms. The number of nitrogens with zero attached hydrogens (tertiary/aromatic N) is 3. The predicted octanol–water partition coefficient (Wildman–Crippen LogP) is 2.81. The molecule has 3 heterocycles. The molecule has 3 aromatic rings. The van der Waals surface area contributed by atoms with Gasteiger partial charge in [0.1, 0.15) is 0 Å². The molecule has 0 aliphatic rings. The molecule has 90 valence electrons. The lowest BCUT2D eigenvalue weighted by Gasteiger charge is -2.02. The number of aromatic carboxylic acids is 1. The fourth-order valence-corrected chi connectivity index (χ4v) is 2.65. The van der Waals surface area contributed by atoms with Gasteiger partial charge in [-0.25, -0.2) is 14.3 Å². The Labute approximate surface area is 110 Å². The van der Waals surface area contributed by atoms with Gasteiger partial charge < -0.3 is 5.11 Å². The van der Waals surface area contributed by atoms with Crippen molar-refractivity contribution in [1.82, 2.24) is 14.6 Å². The van der Waals surface area contributed by atoms with Crippen LogP contribution in [0, 0.1) is 0 Å². The molecule has 0 unspecified atom stereocenters. The van der Waals surface area contributed by atoms with Gasteiger partial charge in [-0.3, -0.25) is 0 Å². The summed E-state index contributed by atoms with van der Waals surface area (Å²) in [5, 5.41) is 13.1. The molecular formula is C11H6ClN3O2S. The zero-order chi connectivity index (χ0) is 12.7. The number of thiophene rings is 1. The number of carboxylic acids is 1. The van der Waals surface area contributed by atoms with Crippen LogP contribution in [0.5, 0.6) is 0 Å². The van der Waals surface area contributed by atoms with E-state index < -0.39 is 5.97 Å². The Morgan fingerprint density at radius 1 is 1.39 bits per heavy atom. The number of rotatable bonds is 2. The summed E-state index contributed by atoms with van der Waals surface area (Å²) in [4.78, 5) is 16.4.